The largest absolute Gasteiger partial charge is 0.478 e. The average Bonchev–Trinajstić information content (AvgIpc) is 2.42. The van der Waals surface area contributed by atoms with E-state index in [2.05, 4.69) is 10.3 Å². The number of hydrogen-bond acceptors (Lipinski definition) is 3. The van der Waals surface area contributed by atoms with E-state index in [0.717, 1.165) is 12.3 Å². The Morgan fingerprint density at radius 3 is 2.62 bits per heavy atom. The molecule has 2 aromatic rings. The SMILES string of the molecule is O=C(Cc1ccc(F)cc1F)Nc1cncc(C(=O)O)c1. The second kappa shape index (κ2) is 6.08. The number of benzene rings is 1. The van der Waals surface area contributed by atoms with Crippen LogP contribution in [0, 0.1) is 11.6 Å². The molecule has 0 radical (unpaired) electrons. The predicted molar refractivity (Wildman–Crippen MR) is 69.9 cm³/mol. The van der Waals surface area contributed by atoms with Gasteiger partial charge in [-0.05, 0) is 17.7 Å². The van der Waals surface area contributed by atoms with Crippen LogP contribution in [0.2, 0.25) is 0 Å². The lowest BCUT2D eigenvalue weighted by atomic mass is 10.1. The normalized spacial score (nSPS) is 10.2. The molecule has 1 heterocycles. The summed E-state index contributed by atoms with van der Waals surface area (Å²) in [6, 6.07) is 4.15. The number of nitrogens with zero attached hydrogens (tertiary/aromatic N) is 1. The molecule has 0 fully saturated rings. The first-order valence-corrected chi connectivity index (χ1v) is 5.88. The van der Waals surface area contributed by atoms with Crippen LogP contribution in [0.3, 0.4) is 0 Å². The Morgan fingerprint density at radius 2 is 1.95 bits per heavy atom. The molecule has 21 heavy (non-hydrogen) atoms. The molecule has 0 aliphatic carbocycles. The van der Waals surface area contributed by atoms with Crippen LogP contribution >= 0.6 is 0 Å². The standard InChI is InChI=1S/C14H10F2N2O3/c15-10-2-1-8(12(16)5-10)4-13(19)18-11-3-9(14(20)21)6-17-7-11/h1-3,5-7H,4H2,(H,18,19)(H,20,21). The number of aromatic carboxylic acids is 1. The van der Waals surface area contributed by atoms with Crippen LogP contribution in [0.25, 0.3) is 0 Å². The summed E-state index contributed by atoms with van der Waals surface area (Å²) in [5.74, 6) is -3.29. The van der Waals surface area contributed by atoms with Crippen molar-refractivity contribution in [1.82, 2.24) is 4.98 Å². The quantitative estimate of drug-likeness (QED) is 0.905. The Hall–Kier alpha value is -2.83. The number of amides is 1. The van der Waals surface area contributed by atoms with Gasteiger partial charge in [-0.3, -0.25) is 9.78 Å². The maximum Gasteiger partial charge on any atom is 0.337 e. The second-order valence-electron chi connectivity index (χ2n) is 4.23. The zero-order valence-corrected chi connectivity index (χ0v) is 10.6. The number of aromatic nitrogens is 1. The maximum absolute atomic E-state index is 13.4. The number of hydrogen-bond donors (Lipinski definition) is 2. The van der Waals surface area contributed by atoms with Gasteiger partial charge in [0.25, 0.3) is 0 Å². The third-order valence-corrected chi connectivity index (χ3v) is 2.64. The monoisotopic (exact) mass is 292 g/mol. The van der Waals surface area contributed by atoms with Crippen LogP contribution in [0.15, 0.2) is 36.7 Å². The van der Waals surface area contributed by atoms with Gasteiger partial charge in [-0.15, -0.1) is 0 Å². The molecule has 2 rings (SSSR count). The molecule has 7 heteroatoms. The minimum atomic E-state index is -1.18. The second-order valence-corrected chi connectivity index (χ2v) is 4.23. The predicted octanol–water partition coefficient (Wildman–Crippen LogP) is 2.24. The van der Waals surface area contributed by atoms with E-state index in [1.54, 1.807) is 0 Å². The Balaban J connectivity index is 2.08. The van der Waals surface area contributed by atoms with Gasteiger partial charge in [0.05, 0.1) is 23.9 Å². The summed E-state index contributed by atoms with van der Waals surface area (Å²) in [5, 5.41) is 11.2. The lowest BCUT2D eigenvalue weighted by Crippen LogP contribution is -2.16. The lowest BCUT2D eigenvalue weighted by molar-refractivity contribution is -0.115. The first-order valence-electron chi connectivity index (χ1n) is 5.88. The van der Waals surface area contributed by atoms with Gasteiger partial charge in [-0.1, -0.05) is 6.07 Å². The van der Waals surface area contributed by atoms with E-state index in [1.807, 2.05) is 0 Å². The van der Waals surface area contributed by atoms with E-state index in [1.165, 1.54) is 18.3 Å². The molecule has 0 bridgehead atoms. The van der Waals surface area contributed by atoms with Crippen LogP contribution in [0.5, 0.6) is 0 Å². The number of carbonyl (C=O) groups is 2. The number of halogens is 2. The van der Waals surface area contributed by atoms with Crippen LogP contribution < -0.4 is 5.32 Å². The summed E-state index contributed by atoms with van der Waals surface area (Å²) >= 11 is 0. The summed E-state index contributed by atoms with van der Waals surface area (Å²) in [7, 11) is 0. The molecule has 2 N–H and O–H groups in total. The Kier molecular flexibility index (Phi) is 4.22. The zero-order chi connectivity index (χ0) is 15.4. The fraction of sp³-hybridized carbons (Fsp3) is 0.0714. The van der Waals surface area contributed by atoms with Crippen molar-refractivity contribution in [3.8, 4) is 0 Å². The molecule has 0 aliphatic heterocycles. The highest BCUT2D eigenvalue weighted by Crippen LogP contribution is 2.12. The van der Waals surface area contributed by atoms with Gasteiger partial charge in [0.15, 0.2) is 0 Å². The summed E-state index contributed by atoms with van der Waals surface area (Å²) in [4.78, 5) is 26.2. The smallest absolute Gasteiger partial charge is 0.337 e. The summed E-state index contributed by atoms with van der Waals surface area (Å²) < 4.78 is 26.2. The molecule has 0 aliphatic rings. The van der Waals surface area contributed by atoms with Gasteiger partial charge in [0.2, 0.25) is 5.91 Å². The fourth-order valence-electron chi connectivity index (χ4n) is 1.67. The fourth-order valence-corrected chi connectivity index (χ4v) is 1.67. The number of carbonyl (C=O) groups excluding carboxylic acids is 1. The molecule has 0 atom stereocenters. The number of pyridine rings is 1. The molecule has 0 spiro atoms. The molecule has 1 aromatic heterocycles. The summed E-state index contributed by atoms with van der Waals surface area (Å²) in [6.45, 7) is 0. The minimum absolute atomic E-state index is 0.0382. The highest BCUT2D eigenvalue weighted by atomic mass is 19.1. The van der Waals surface area contributed by atoms with Crippen molar-refractivity contribution in [2.45, 2.75) is 6.42 Å². The van der Waals surface area contributed by atoms with Gasteiger partial charge >= 0.3 is 5.97 Å². The molecule has 108 valence electrons. The van der Waals surface area contributed by atoms with E-state index in [4.69, 9.17) is 5.11 Å². The van der Waals surface area contributed by atoms with E-state index < -0.39 is 23.5 Å². The molecule has 0 saturated carbocycles. The summed E-state index contributed by atoms with van der Waals surface area (Å²) in [5.41, 5.74) is 0.138. The maximum atomic E-state index is 13.4. The van der Waals surface area contributed by atoms with Gasteiger partial charge in [-0.2, -0.15) is 0 Å². The van der Waals surface area contributed by atoms with E-state index in [-0.39, 0.29) is 23.2 Å². The van der Waals surface area contributed by atoms with Crippen LogP contribution in [0.4, 0.5) is 14.5 Å². The third kappa shape index (κ3) is 3.82. The number of rotatable bonds is 4. The number of carboxylic acid groups (broad SMARTS) is 1. The Labute approximate surface area is 118 Å². The van der Waals surface area contributed by atoms with Crippen molar-refractivity contribution >= 4 is 17.6 Å². The molecule has 1 amide bonds. The molecule has 1 aromatic carbocycles. The minimum Gasteiger partial charge on any atom is -0.478 e. The van der Waals surface area contributed by atoms with Gasteiger partial charge in [0.1, 0.15) is 11.6 Å². The van der Waals surface area contributed by atoms with Gasteiger partial charge in [0, 0.05) is 12.3 Å². The van der Waals surface area contributed by atoms with E-state index in [9.17, 15) is 18.4 Å². The highest BCUT2D eigenvalue weighted by Gasteiger charge is 2.11. The average molecular weight is 292 g/mol. The number of carboxylic acids is 1. The van der Waals surface area contributed by atoms with Crippen LogP contribution in [-0.4, -0.2) is 22.0 Å². The summed E-state index contributed by atoms with van der Waals surface area (Å²) in [6.07, 6.45) is 2.10. The topological polar surface area (TPSA) is 79.3 Å². The van der Waals surface area contributed by atoms with Gasteiger partial charge < -0.3 is 10.4 Å². The molecule has 0 saturated heterocycles. The van der Waals surface area contributed by atoms with Crippen molar-refractivity contribution in [2.24, 2.45) is 0 Å². The Bertz CT molecular complexity index is 704. The van der Waals surface area contributed by atoms with Crippen LogP contribution in [0.1, 0.15) is 15.9 Å². The first kappa shape index (κ1) is 14.6. The third-order valence-electron chi connectivity index (χ3n) is 2.64. The van der Waals surface area contributed by atoms with Crippen molar-refractivity contribution in [3.05, 3.63) is 59.4 Å². The van der Waals surface area contributed by atoms with Crippen molar-refractivity contribution in [2.75, 3.05) is 5.32 Å². The number of anilines is 1. The van der Waals surface area contributed by atoms with E-state index in [0.29, 0.717) is 6.07 Å². The molecule has 0 unspecified atom stereocenters. The van der Waals surface area contributed by atoms with Crippen molar-refractivity contribution in [3.63, 3.8) is 0 Å². The number of nitrogens with one attached hydrogen (secondary N) is 1. The Morgan fingerprint density at radius 1 is 1.19 bits per heavy atom. The molecular weight excluding hydrogens is 282 g/mol. The van der Waals surface area contributed by atoms with Gasteiger partial charge in [-0.25, -0.2) is 13.6 Å². The highest BCUT2D eigenvalue weighted by molar-refractivity contribution is 5.94. The zero-order valence-electron chi connectivity index (χ0n) is 10.6. The van der Waals surface area contributed by atoms with Crippen molar-refractivity contribution < 1.29 is 23.5 Å². The lowest BCUT2D eigenvalue weighted by Gasteiger charge is -2.06. The molecule has 5 nitrogen and oxygen atoms in total. The van der Waals surface area contributed by atoms with E-state index >= 15 is 0 Å². The molecular formula is C14H10F2N2O3. The first-order chi connectivity index (χ1) is 9.95. The van der Waals surface area contributed by atoms with Crippen molar-refractivity contribution in [1.29, 1.82) is 0 Å². The van der Waals surface area contributed by atoms with Crippen LogP contribution in [-0.2, 0) is 11.2 Å².